The maximum absolute atomic E-state index is 13.6. The zero-order valence-electron chi connectivity index (χ0n) is 11.0. The number of rotatable bonds is 4. The summed E-state index contributed by atoms with van der Waals surface area (Å²) < 4.78 is 18.8. The summed E-state index contributed by atoms with van der Waals surface area (Å²) in [6, 6.07) is 12.5. The molecule has 0 aliphatic rings. The highest BCUT2D eigenvalue weighted by Gasteiger charge is 2.14. The topological polar surface area (TPSA) is 9.23 Å². The number of ether oxygens (including phenoxy) is 1. The van der Waals surface area contributed by atoms with Gasteiger partial charge in [0.25, 0.3) is 0 Å². The molecule has 100 valence electrons. The van der Waals surface area contributed by atoms with Gasteiger partial charge in [-0.15, -0.1) is 11.6 Å². The molecule has 0 saturated carbocycles. The predicted molar refractivity (Wildman–Crippen MR) is 76.4 cm³/mol. The minimum Gasteiger partial charge on any atom is -0.497 e. The van der Waals surface area contributed by atoms with Gasteiger partial charge in [0.2, 0.25) is 0 Å². The van der Waals surface area contributed by atoms with Crippen LogP contribution >= 0.6 is 11.6 Å². The van der Waals surface area contributed by atoms with Crippen LogP contribution in [0.25, 0.3) is 0 Å². The summed E-state index contributed by atoms with van der Waals surface area (Å²) in [5.41, 5.74) is 2.69. The summed E-state index contributed by atoms with van der Waals surface area (Å²) >= 11 is 6.41. The minimum atomic E-state index is -0.247. The molecule has 0 radical (unpaired) electrons. The van der Waals surface area contributed by atoms with Crippen LogP contribution in [-0.2, 0) is 6.42 Å². The Labute approximate surface area is 118 Å². The lowest BCUT2D eigenvalue weighted by Crippen LogP contribution is -2.00. The van der Waals surface area contributed by atoms with Gasteiger partial charge in [-0.05, 0) is 48.2 Å². The predicted octanol–water partition coefficient (Wildman–Crippen LogP) is 4.67. The summed E-state index contributed by atoms with van der Waals surface area (Å²) in [6.45, 7) is 1.98. The Kier molecular flexibility index (Phi) is 4.43. The van der Waals surface area contributed by atoms with Gasteiger partial charge in [-0.2, -0.15) is 0 Å². The van der Waals surface area contributed by atoms with Crippen molar-refractivity contribution < 1.29 is 9.13 Å². The number of methoxy groups -OCH3 is 1. The van der Waals surface area contributed by atoms with Gasteiger partial charge < -0.3 is 4.74 Å². The van der Waals surface area contributed by atoms with Gasteiger partial charge >= 0.3 is 0 Å². The highest BCUT2D eigenvalue weighted by molar-refractivity contribution is 6.21. The molecule has 0 fully saturated rings. The first-order chi connectivity index (χ1) is 9.11. The van der Waals surface area contributed by atoms with Crippen molar-refractivity contribution in [2.45, 2.75) is 18.7 Å². The molecule has 1 nitrogen and oxygen atoms in total. The molecule has 0 bridgehead atoms. The first kappa shape index (κ1) is 13.9. The number of halogens is 2. The molecule has 0 aromatic heterocycles. The van der Waals surface area contributed by atoms with E-state index in [0.717, 1.165) is 16.9 Å². The number of hydrogen-bond donors (Lipinski definition) is 0. The van der Waals surface area contributed by atoms with Crippen LogP contribution in [0.3, 0.4) is 0 Å². The quantitative estimate of drug-likeness (QED) is 0.739. The van der Waals surface area contributed by atoms with E-state index in [4.69, 9.17) is 16.3 Å². The molecular formula is C16H16ClFO. The summed E-state index contributed by atoms with van der Waals surface area (Å²) in [4.78, 5) is 0. The standard InChI is InChI=1S/C16H16ClFO/c1-11-9-13(19-2)7-8-14(11)15(17)10-12-5-3-4-6-16(12)18/h3-9,15H,10H2,1-2H3. The zero-order chi connectivity index (χ0) is 13.8. The van der Waals surface area contributed by atoms with Crippen LogP contribution in [-0.4, -0.2) is 7.11 Å². The van der Waals surface area contributed by atoms with E-state index in [1.807, 2.05) is 31.2 Å². The van der Waals surface area contributed by atoms with Crippen molar-refractivity contribution in [3.8, 4) is 5.75 Å². The summed E-state index contributed by atoms with van der Waals surface area (Å²) in [5, 5.41) is -0.247. The smallest absolute Gasteiger partial charge is 0.126 e. The van der Waals surface area contributed by atoms with E-state index in [2.05, 4.69) is 0 Å². The monoisotopic (exact) mass is 278 g/mol. The van der Waals surface area contributed by atoms with E-state index in [-0.39, 0.29) is 11.2 Å². The molecule has 19 heavy (non-hydrogen) atoms. The third-order valence-electron chi connectivity index (χ3n) is 3.17. The average molecular weight is 279 g/mol. The van der Waals surface area contributed by atoms with Crippen molar-refractivity contribution in [1.82, 2.24) is 0 Å². The fraction of sp³-hybridized carbons (Fsp3) is 0.250. The fourth-order valence-corrected chi connectivity index (χ4v) is 2.50. The van der Waals surface area contributed by atoms with Crippen molar-refractivity contribution in [3.05, 3.63) is 65.0 Å². The lowest BCUT2D eigenvalue weighted by atomic mass is 9.99. The molecule has 0 heterocycles. The van der Waals surface area contributed by atoms with Gasteiger partial charge in [-0.25, -0.2) is 4.39 Å². The third-order valence-corrected chi connectivity index (χ3v) is 3.56. The molecule has 0 saturated heterocycles. The molecule has 3 heteroatoms. The molecule has 1 unspecified atom stereocenters. The largest absolute Gasteiger partial charge is 0.497 e. The SMILES string of the molecule is COc1ccc(C(Cl)Cc2ccccc2F)c(C)c1. The lowest BCUT2D eigenvalue weighted by molar-refractivity contribution is 0.414. The van der Waals surface area contributed by atoms with Gasteiger partial charge in [0.15, 0.2) is 0 Å². The molecule has 0 N–H and O–H groups in total. The fourth-order valence-electron chi connectivity index (χ4n) is 2.09. The Hall–Kier alpha value is -1.54. The lowest BCUT2D eigenvalue weighted by Gasteiger charge is -2.14. The highest BCUT2D eigenvalue weighted by atomic mass is 35.5. The Morgan fingerprint density at radius 3 is 2.58 bits per heavy atom. The maximum atomic E-state index is 13.6. The molecule has 0 spiro atoms. The van der Waals surface area contributed by atoms with Crippen molar-refractivity contribution in [2.75, 3.05) is 7.11 Å². The van der Waals surface area contributed by atoms with E-state index in [0.29, 0.717) is 12.0 Å². The van der Waals surface area contributed by atoms with Crippen molar-refractivity contribution in [1.29, 1.82) is 0 Å². The molecule has 1 atom stereocenters. The van der Waals surface area contributed by atoms with Gasteiger partial charge in [-0.3, -0.25) is 0 Å². The first-order valence-electron chi connectivity index (χ1n) is 6.14. The molecule has 2 aromatic carbocycles. The van der Waals surface area contributed by atoms with Crippen LogP contribution in [0.4, 0.5) is 4.39 Å². The van der Waals surface area contributed by atoms with Crippen LogP contribution < -0.4 is 4.74 Å². The second-order valence-corrected chi connectivity index (χ2v) is 5.01. The second kappa shape index (κ2) is 6.07. The van der Waals surface area contributed by atoms with Crippen molar-refractivity contribution in [3.63, 3.8) is 0 Å². The number of benzene rings is 2. The molecule has 0 aliphatic heterocycles. The van der Waals surface area contributed by atoms with Crippen LogP contribution in [0.5, 0.6) is 5.75 Å². The van der Waals surface area contributed by atoms with E-state index >= 15 is 0 Å². The van der Waals surface area contributed by atoms with Gasteiger partial charge in [0.05, 0.1) is 12.5 Å². The van der Waals surface area contributed by atoms with Crippen LogP contribution in [0.1, 0.15) is 22.1 Å². The molecule has 0 aliphatic carbocycles. The van der Waals surface area contributed by atoms with Crippen molar-refractivity contribution >= 4 is 11.6 Å². The van der Waals surface area contributed by atoms with Gasteiger partial charge in [0.1, 0.15) is 11.6 Å². The normalized spacial score (nSPS) is 12.2. The number of aryl methyl sites for hydroxylation is 1. The Morgan fingerprint density at radius 1 is 1.21 bits per heavy atom. The summed E-state index contributed by atoms with van der Waals surface area (Å²) in [6.07, 6.45) is 0.474. The van der Waals surface area contributed by atoms with Crippen LogP contribution in [0.15, 0.2) is 42.5 Å². The van der Waals surface area contributed by atoms with E-state index in [9.17, 15) is 4.39 Å². The highest BCUT2D eigenvalue weighted by Crippen LogP contribution is 2.30. The summed E-state index contributed by atoms with van der Waals surface area (Å²) in [5.74, 6) is 0.593. The van der Waals surface area contributed by atoms with E-state index in [1.165, 1.54) is 6.07 Å². The number of hydrogen-bond acceptors (Lipinski definition) is 1. The van der Waals surface area contributed by atoms with Crippen LogP contribution in [0.2, 0.25) is 0 Å². The second-order valence-electron chi connectivity index (χ2n) is 4.49. The number of alkyl halides is 1. The molecule has 2 aromatic rings. The van der Waals surface area contributed by atoms with E-state index < -0.39 is 0 Å². The zero-order valence-corrected chi connectivity index (χ0v) is 11.7. The van der Waals surface area contributed by atoms with Crippen molar-refractivity contribution in [2.24, 2.45) is 0 Å². The first-order valence-corrected chi connectivity index (χ1v) is 6.57. The third kappa shape index (κ3) is 3.27. The minimum absolute atomic E-state index is 0.209. The molecular weight excluding hydrogens is 263 g/mol. The maximum Gasteiger partial charge on any atom is 0.126 e. The average Bonchev–Trinajstić information content (AvgIpc) is 2.41. The van der Waals surface area contributed by atoms with Crippen LogP contribution in [0, 0.1) is 12.7 Å². The molecule has 0 amide bonds. The van der Waals surface area contributed by atoms with Gasteiger partial charge in [-0.1, -0.05) is 24.3 Å². The Balaban J connectivity index is 2.21. The summed E-state index contributed by atoms with van der Waals surface area (Å²) in [7, 11) is 1.63. The van der Waals surface area contributed by atoms with E-state index in [1.54, 1.807) is 19.2 Å². The Morgan fingerprint density at radius 2 is 1.95 bits per heavy atom. The van der Waals surface area contributed by atoms with Gasteiger partial charge in [0, 0.05) is 0 Å². The Bertz CT molecular complexity index is 568. The molecule has 2 rings (SSSR count).